The lowest BCUT2D eigenvalue weighted by Crippen LogP contribution is -2.47. The molecule has 0 radical (unpaired) electrons. The van der Waals surface area contributed by atoms with E-state index in [4.69, 9.17) is 4.99 Å². The van der Waals surface area contributed by atoms with E-state index >= 15 is 0 Å². The van der Waals surface area contributed by atoms with Crippen molar-refractivity contribution < 1.29 is 0 Å². The van der Waals surface area contributed by atoms with E-state index in [1.807, 2.05) is 0 Å². The minimum absolute atomic E-state index is 0. The second kappa shape index (κ2) is 15.9. The Morgan fingerprint density at radius 1 is 1.00 bits per heavy atom. The molecular formula is C20H44IN5. The Morgan fingerprint density at radius 3 is 2.23 bits per heavy atom. The van der Waals surface area contributed by atoms with Crippen molar-refractivity contribution in [3.05, 3.63) is 0 Å². The first-order chi connectivity index (χ1) is 12.1. The maximum Gasteiger partial charge on any atom is 0.191 e. The first-order valence-electron chi connectivity index (χ1n) is 10.6. The largest absolute Gasteiger partial charge is 0.357 e. The molecule has 2 atom stereocenters. The molecule has 1 rings (SSSR count). The maximum atomic E-state index is 4.84. The van der Waals surface area contributed by atoms with E-state index in [0.717, 1.165) is 25.6 Å². The number of hydrogen-bond acceptors (Lipinski definition) is 3. The highest BCUT2D eigenvalue weighted by atomic mass is 127. The molecule has 5 nitrogen and oxygen atoms in total. The zero-order valence-electron chi connectivity index (χ0n) is 17.9. The van der Waals surface area contributed by atoms with Crippen molar-refractivity contribution in [3.8, 4) is 0 Å². The molecule has 2 unspecified atom stereocenters. The van der Waals surface area contributed by atoms with Crippen molar-refractivity contribution >= 4 is 29.9 Å². The number of hydrogen-bond donors (Lipinski definition) is 2. The smallest absolute Gasteiger partial charge is 0.191 e. The Kier molecular flexibility index (Phi) is 15.9. The van der Waals surface area contributed by atoms with Crippen LogP contribution in [0.1, 0.15) is 60.3 Å². The second-order valence-corrected chi connectivity index (χ2v) is 7.60. The van der Waals surface area contributed by atoms with Gasteiger partial charge in [0.2, 0.25) is 0 Å². The van der Waals surface area contributed by atoms with Crippen LogP contribution in [0.4, 0.5) is 0 Å². The minimum atomic E-state index is 0. The molecule has 0 spiro atoms. The Labute approximate surface area is 179 Å². The number of unbranched alkanes of at least 4 members (excludes halogenated alkanes) is 2. The van der Waals surface area contributed by atoms with Gasteiger partial charge in [-0.15, -0.1) is 24.0 Å². The van der Waals surface area contributed by atoms with Gasteiger partial charge in [0, 0.05) is 51.9 Å². The summed E-state index contributed by atoms with van der Waals surface area (Å²) in [7, 11) is 0. The highest BCUT2D eigenvalue weighted by Crippen LogP contribution is 2.06. The molecule has 156 valence electrons. The summed E-state index contributed by atoms with van der Waals surface area (Å²) in [5.41, 5.74) is 0. The van der Waals surface area contributed by atoms with Crippen LogP contribution in [0, 0.1) is 5.92 Å². The van der Waals surface area contributed by atoms with E-state index in [1.165, 1.54) is 58.4 Å². The molecule has 26 heavy (non-hydrogen) atoms. The number of nitrogens with zero attached hydrogens (tertiary/aromatic N) is 3. The minimum Gasteiger partial charge on any atom is -0.357 e. The highest BCUT2D eigenvalue weighted by Gasteiger charge is 2.17. The highest BCUT2D eigenvalue weighted by molar-refractivity contribution is 14.0. The average Bonchev–Trinajstić information content (AvgIpc) is 2.61. The van der Waals surface area contributed by atoms with Gasteiger partial charge >= 0.3 is 0 Å². The number of halogens is 1. The van der Waals surface area contributed by atoms with Crippen LogP contribution in [0.5, 0.6) is 0 Å². The van der Waals surface area contributed by atoms with E-state index in [0.29, 0.717) is 12.0 Å². The summed E-state index contributed by atoms with van der Waals surface area (Å²) in [4.78, 5) is 9.97. The van der Waals surface area contributed by atoms with E-state index in [2.05, 4.69) is 55.1 Å². The van der Waals surface area contributed by atoms with Gasteiger partial charge < -0.3 is 20.4 Å². The SMILES string of the molecule is CCCCCC(C)NC(=NCC(C)CN1CCN(CC)CC1)NCC.I. The number of guanidine groups is 1. The normalized spacial score (nSPS) is 18.9. The van der Waals surface area contributed by atoms with E-state index in [9.17, 15) is 0 Å². The lowest BCUT2D eigenvalue weighted by molar-refractivity contribution is 0.125. The second-order valence-electron chi connectivity index (χ2n) is 7.60. The molecule has 2 N–H and O–H groups in total. The molecular weight excluding hydrogens is 437 g/mol. The lowest BCUT2D eigenvalue weighted by atomic mass is 10.1. The Bertz CT molecular complexity index is 356. The third-order valence-electron chi connectivity index (χ3n) is 5.01. The van der Waals surface area contributed by atoms with E-state index in [1.54, 1.807) is 0 Å². The van der Waals surface area contributed by atoms with Gasteiger partial charge in [-0.3, -0.25) is 4.99 Å². The molecule has 1 aliphatic heterocycles. The molecule has 1 saturated heterocycles. The van der Waals surface area contributed by atoms with Crippen LogP contribution >= 0.6 is 24.0 Å². The summed E-state index contributed by atoms with van der Waals surface area (Å²) in [6.07, 6.45) is 5.12. The van der Waals surface area contributed by atoms with Gasteiger partial charge in [-0.25, -0.2) is 0 Å². The molecule has 1 fully saturated rings. The number of aliphatic imine (C=N–C) groups is 1. The average molecular weight is 482 g/mol. The summed E-state index contributed by atoms with van der Waals surface area (Å²) in [6.45, 7) is 20.2. The zero-order valence-corrected chi connectivity index (χ0v) is 20.2. The van der Waals surface area contributed by atoms with Gasteiger partial charge in [0.05, 0.1) is 0 Å². The number of likely N-dealkylation sites (N-methyl/N-ethyl adjacent to an activating group) is 1. The molecule has 0 aromatic heterocycles. The van der Waals surface area contributed by atoms with Crippen molar-refractivity contribution in [1.29, 1.82) is 0 Å². The fourth-order valence-corrected chi connectivity index (χ4v) is 3.36. The van der Waals surface area contributed by atoms with Crippen LogP contribution in [-0.2, 0) is 0 Å². The molecule has 1 aliphatic rings. The predicted molar refractivity (Wildman–Crippen MR) is 126 cm³/mol. The summed E-state index contributed by atoms with van der Waals surface area (Å²) < 4.78 is 0. The summed E-state index contributed by atoms with van der Waals surface area (Å²) in [6, 6.07) is 0.488. The van der Waals surface area contributed by atoms with Crippen molar-refractivity contribution in [3.63, 3.8) is 0 Å². The van der Waals surface area contributed by atoms with Gasteiger partial charge in [0.1, 0.15) is 0 Å². The monoisotopic (exact) mass is 481 g/mol. The summed E-state index contributed by atoms with van der Waals surface area (Å²) >= 11 is 0. The molecule has 0 aliphatic carbocycles. The Hall–Kier alpha value is -0.0800. The molecule has 0 saturated carbocycles. The van der Waals surface area contributed by atoms with Crippen LogP contribution in [0.25, 0.3) is 0 Å². The molecule has 6 heteroatoms. The quantitative estimate of drug-likeness (QED) is 0.206. The van der Waals surface area contributed by atoms with E-state index in [-0.39, 0.29) is 24.0 Å². The van der Waals surface area contributed by atoms with Gasteiger partial charge in [0.25, 0.3) is 0 Å². The van der Waals surface area contributed by atoms with Crippen molar-refractivity contribution in [2.45, 2.75) is 66.3 Å². The molecule has 0 bridgehead atoms. The van der Waals surface area contributed by atoms with Crippen LogP contribution in [-0.4, -0.2) is 74.2 Å². The lowest BCUT2D eigenvalue weighted by Gasteiger charge is -2.35. The summed E-state index contributed by atoms with van der Waals surface area (Å²) in [5.74, 6) is 1.58. The fourth-order valence-electron chi connectivity index (χ4n) is 3.36. The first kappa shape index (κ1) is 25.9. The third kappa shape index (κ3) is 11.6. The molecule has 0 aromatic carbocycles. The van der Waals surface area contributed by atoms with Crippen LogP contribution in [0.3, 0.4) is 0 Å². The number of piperazine rings is 1. The van der Waals surface area contributed by atoms with Gasteiger partial charge in [-0.1, -0.05) is 40.0 Å². The van der Waals surface area contributed by atoms with Crippen LogP contribution in [0.15, 0.2) is 4.99 Å². The van der Waals surface area contributed by atoms with Crippen LogP contribution < -0.4 is 10.6 Å². The van der Waals surface area contributed by atoms with Crippen LogP contribution in [0.2, 0.25) is 0 Å². The molecule has 1 heterocycles. The number of rotatable bonds is 11. The van der Waals surface area contributed by atoms with Crippen molar-refractivity contribution in [2.24, 2.45) is 10.9 Å². The standard InChI is InChI=1S/C20H43N5.HI/c1-6-9-10-11-19(5)23-20(21-7-2)22-16-18(4)17-25-14-12-24(8-3)13-15-25;/h18-19H,6-17H2,1-5H3,(H2,21,22,23);1H. The van der Waals surface area contributed by atoms with Gasteiger partial charge in [-0.2, -0.15) is 0 Å². The Balaban J connectivity index is 0.00000625. The molecule has 0 amide bonds. The maximum absolute atomic E-state index is 4.84. The van der Waals surface area contributed by atoms with Gasteiger partial charge in [-0.05, 0) is 32.7 Å². The predicted octanol–water partition coefficient (Wildman–Crippen LogP) is 3.40. The Morgan fingerprint density at radius 2 is 1.65 bits per heavy atom. The zero-order chi connectivity index (χ0) is 18.5. The van der Waals surface area contributed by atoms with Crippen molar-refractivity contribution in [1.82, 2.24) is 20.4 Å². The molecule has 0 aromatic rings. The summed E-state index contributed by atoms with van der Waals surface area (Å²) in [5, 5.41) is 6.96. The topological polar surface area (TPSA) is 42.9 Å². The fraction of sp³-hybridized carbons (Fsp3) is 0.950. The van der Waals surface area contributed by atoms with E-state index < -0.39 is 0 Å². The number of nitrogens with one attached hydrogen (secondary N) is 2. The third-order valence-corrected chi connectivity index (χ3v) is 5.01. The van der Waals surface area contributed by atoms with Gasteiger partial charge in [0.15, 0.2) is 5.96 Å². The van der Waals surface area contributed by atoms with Crippen molar-refractivity contribution in [2.75, 3.05) is 52.4 Å². The first-order valence-corrected chi connectivity index (χ1v) is 10.6.